The molecule has 1 fully saturated rings. The summed E-state index contributed by atoms with van der Waals surface area (Å²) in [4.78, 5) is 22.6. The maximum absolute atomic E-state index is 12.2. The van der Waals surface area contributed by atoms with Gasteiger partial charge in [0.25, 0.3) is 6.47 Å². The molecular weight excluding hydrogens is 230 g/mol. The molecule has 0 spiro atoms. The normalized spacial score (nSPS) is 23.7. The van der Waals surface area contributed by atoms with Crippen molar-refractivity contribution in [3.8, 4) is 0 Å². The average molecular weight is 247 g/mol. The minimum Gasteiger partial charge on any atom is -0.467 e. The molecule has 0 amide bonds. The molecule has 1 saturated heterocycles. The molecule has 1 aliphatic rings. The summed E-state index contributed by atoms with van der Waals surface area (Å²) in [6.07, 6.45) is 1.10. The first-order chi connectivity index (χ1) is 8.77. The van der Waals surface area contributed by atoms with Crippen LogP contribution in [0.3, 0.4) is 0 Å². The summed E-state index contributed by atoms with van der Waals surface area (Å²) in [6.45, 7) is 1.83. The Bertz CT molecular complexity index is 418. The van der Waals surface area contributed by atoms with E-state index in [2.05, 4.69) is 5.32 Å². The smallest absolute Gasteiger partial charge is 0.293 e. The van der Waals surface area contributed by atoms with Crippen LogP contribution >= 0.6 is 0 Å². The Morgan fingerprint density at radius 1 is 1.33 bits per heavy atom. The third-order valence-corrected chi connectivity index (χ3v) is 3.40. The molecule has 4 nitrogen and oxygen atoms in total. The quantitative estimate of drug-likeness (QED) is 0.787. The maximum Gasteiger partial charge on any atom is 0.293 e. The van der Waals surface area contributed by atoms with E-state index < -0.39 is 5.41 Å². The third kappa shape index (κ3) is 2.76. The molecule has 18 heavy (non-hydrogen) atoms. The molecule has 1 aromatic rings. The van der Waals surface area contributed by atoms with Crippen molar-refractivity contribution in [3.63, 3.8) is 0 Å². The van der Waals surface area contributed by atoms with Gasteiger partial charge in [-0.25, -0.2) is 0 Å². The third-order valence-electron chi connectivity index (χ3n) is 3.40. The topological polar surface area (TPSA) is 55.4 Å². The number of rotatable bonds is 5. The van der Waals surface area contributed by atoms with Crippen molar-refractivity contribution >= 4 is 12.3 Å². The summed E-state index contributed by atoms with van der Waals surface area (Å²) >= 11 is 0. The molecule has 1 heterocycles. The Morgan fingerprint density at radius 3 is 2.78 bits per heavy atom. The predicted molar refractivity (Wildman–Crippen MR) is 67.1 cm³/mol. The van der Waals surface area contributed by atoms with Crippen LogP contribution in [0.1, 0.15) is 12.0 Å². The molecule has 1 N–H and O–H groups in total. The lowest BCUT2D eigenvalue weighted by Gasteiger charge is -2.35. The highest BCUT2D eigenvalue weighted by Gasteiger charge is 2.40. The second-order valence-electron chi connectivity index (χ2n) is 4.70. The van der Waals surface area contributed by atoms with Gasteiger partial charge in [0.1, 0.15) is 12.4 Å². The molecule has 0 aliphatic carbocycles. The fraction of sp³-hybridized carbons (Fsp3) is 0.429. The van der Waals surface area contributed by atoms with E-state index in [9.17, 15) is 9.59 Å². The Balaban J connectivity index is 2.18. The van der Waals surface area contributed by atoms with Crippen LogP contribution in [0.2, 0.25) is 0 Å². The van der Waals surface area contributed by atoms with Gasteiger partial charge in [0, 0.05) is 19.5 Å². The van der Waals surface area contributed by atoms with Crippen LogP contribution in [0.25, 0.3) is 0 Å². The first kappa shape index (κ1) is 12.8. The van der Waals surface area contributed by atoms with E-state index in [1.807, 2.05) is 30.3 Å². The Labute approximate surface area is 106 Å². The molecule has 0 radical (unpaired) electrons. The molecule has 1 aliphatic heterocycles. The first-order valence-corrected chi connectivity index (χ1v) is 6.10. The molecule has 4 heteroatoms. The number of carbonyl (C=O) groups is 2. The van der Waals surface area contributed by atoms with Crippen LogP contribution in [0.4, 0.5) is 0 Å². The molecular formula is C14H17NO3. The van der Waals surface area contributed by atoms with Crippen molar-refractivity contribution in [3.05, 3.63) is 35.9 Å². The van der Waals surface area contributed by atoms with E-state index in [0.717, 1.165) is 5.56 Å². The summed E-state index contributed by atoms with van der Waals surface area (Å²) in [5.74, 6) is 0.173. The monoisotopic (exact) mass is 247 g/mol. The van der Waals surface area contributed by atoms with Crippen molar-refractivity contribution in [1.29, 1.82) is 0 Å². The summed E-state index contributed by atoms with van der Waals surface area (Å²) in [5, 5.41) is 3.22. The molecule has 0 aromatic heterocycles. The van der Waals surface area contributed by atoms with Gasteiger partial charge in [0.2, 0.25) is 0 Å². The number of ether oxygens (including phenoxy) is 1. The first-order valence-electron chi connectivity index (χ1n) is 6.10. The van der Waals surface area contributed by atoms with Crippen LogP contribution in [0, 0.1) is 5.41 Å². The standard InChI is InChI=1S/C14H17NO3/c16-11-18-10-14(9-15-7-6-13(14)17)8-12-4-2-1-3-5-12/h1-5,11,15H,6-10H2. The largest absolute Gasteiger partial charge is 0.467 e. The predicted octanol–water partition coefficient (Wildman–Crippen LogP) is 0.951. The number of hydrogen-bond donors (Lipinski definition) is 1. The maximum atomic E-state index is 12.2. The zero-order chi connectivity index (χ0) is 12.8. The number of nitrogens with one attached hydrogen (secondary N) is 1. The van der Waals surface area contributed by atoms with Crippen LogP contribution in [0.15, 0.2) is 30.3 Å². The molecule has 2 rings (SSSR count). The van der Waals surface area contributed by atoms with Crippen LogP contribution in [-0.4, -0.2) is 32.0 Å². The zero-order valence-electron chi connectivity index (χ0n) is 10.2. The number of piperidine rings is 1. The van der Waals surface area contributed by atoms with E-state index in [1.165, 1.54) is 0 Å². The van der Waals surface area contributed by atoms with Gasteiger partial charge in [-0.2, -0.15) is 0 Å². The zero-order valence-corrected chi connectivity index (χ0v) is 10.2. The van der Waals surface area contributed by atoms with Gasteiger partial charge in [0.05, 0.1) is 5.41 Å². The van der Waals surface area contributed by atoms with E-state index >= 15 is 0 Å². The highest BCUT2D eigenvalue weighted by atomic mass is 16.5. The van der Waals surface area contributed by atoms with E-state index in [-0.39, 0.29) is 12.4 Å². The highest BCUT2D eigenvalue weighted by Crippen LogP contribution is 2.28. The Hall–Kier alpha value is -1.68. The second kappa shape index (κ2) is 5.78. The fourth-order valence-corrected chi connectivity index (χ4v) is 2.42. The van der Waals surface area contributed by atoms with Gasteiger partial charge in [-0.3, -0.25) is 9.59 Å². The van der Waals surface area contributed by atoms with Gasteiger partial charge in [-0.15, -0.1) is 0 Å². The van der Waals surface area contributed by atoms with Gasteiger partial charge in [0.15, 0.2) is 0 Å². The molecule has 0 bridgehead atoms. The van der Waals surface area contributed by atoms with Gasteiger partial charge in [-0.1, -0.05) is 30.3 Å². The lowest BCUT2D eigenvalue weighted by atomic mass is 9.75. The Kier molecular flexibility index (Phi) is 4.10. The second-order valence-corrected chi connectivity index (χ2v) is 4.70. The lowest BCUT2D eigenvalue weighted by molar-refractivity contribution is -0.140. The summed E-state index contributed by atoms with van der Waals surface area (Å²) < 4.78 is 4.88. The number of hydrogen-bond acceptors (Lipinski definition) is 4. The number of ketones is 1. The van der Waals surface area contributed by atoms with Crippen molar-refractivity contribution in [2.24, 2.45) is 5.41 Å². The minimum absolute atomic E-state index is 0.150. The Morgan fingerprint density at radius 2 is 2.11 bits per heavy atom. The average Bonchev–Trinajstić information content (AvgIpc) is 2.41. The van der Waals surface area contributed by atoms with Crippen LogP contribution in [-0.2, 0) is 20.7 Å². The van der Waals surface area contributed by atoms with E-state index in [1.54, 1.807) is 0 Å². The molecule has 1 atom stereocenters. The summed E-state index contributed by atoms with van der Waals surface area (Å²) in [6, 6.07) is 9.82. The van der Waals surface area contributed by atoms with Crippen LogP contribution < -0.4 is 5.32 Å². The van der Waals surface area contributed by atoms with E-state index in [4.69, 9.17) is 4.74 Å². The van der Waals surface area contributed by atoms with Crippen molar-refractivity contribution < 1.29 is 14.3 Å². The van der Waals surface area contributed by atoms with Gasteiger partial charge >= 0.3 is 0 Å². The fourth-order valence-electron chi connectivity index (χ4n) is 2.42. The number of benzene rings is 1. The van der Waals surface area contributed by atoms with Crippen molar-refractivity contribution in [2.75, 3.05) is 19.7 Å². The molecule has 96 valence electrons. The molecule has 1 unspecified atom stereocenters. The summed E-state index contributed by atoms with van der Waals surface area (Å²) in [5.41, 5.74) is 0.476. The highest BCUT2D eigenvalue weighted by molar-refractivity contribution is 5.86. The number of carbonyl (C=O) groups excluding carboxylic acids is 2. The van der Waals surface area contributed by atoms with Gasteiger partial charge < -0.3 is 10.1 Å². The SMILES string of the molecule is O=COCC1(Cc2ccccc2)CNCCC1=O. The van der Waals surface area contributed by atoms with Crippen LogP contribution in [0.5, 0.6) is 0 Å². The van der Waals surface area contributed by atoms with Gasteiger partial charge in [-0.05, 0) is 12.0 Å². The lowest BCUT2D eigenvalue weighted by Crippen LogP contribution is -2.51. The molecule has 1 aromatic carbocycles. The number of Topliss-reactive ketones (excluding diaryl/α,β-unsaturated/α-hetero) is 1. The minimum atomic E-state index is -0.611. The summed E-state index contributed by atoms with van der Waals surface area (Å²) in [7, 11) is 0. The molecule has 0 saturated carbocycles. The van der Waals surface area contributed by atoms with Crippen molar-refractivity contribution in [2.45, 2.75) is 12.8 Å². The van der Waals surface area contributed by atoms with Crippen molar-refractivity contribution in [1.82, 2.24) is 5.32 Å². The van der Waals surface area contributed by atoms with E-state index in [0.29, 0.717) is 32.4 Å².